The summed E-state index contributed by atoms with van der Waals surface area (Å²) in [6, 6.07) is 6.70. The van der Waals surface area contributed by atoms with E-state index in [0.717, 1.165) is 19.4 Å². The fraction of sp³-hybridized carbons (Fsp3) is 0.333. The topological polar surface area (TPSA) is 93.2 Å². The van der Waals surface area contributed by atoms with E-state index in [4.69, 9.17) is 4.74 Å². The summed E-state index contributed by atoms with van der Waals surface area (Å²) in [7, 11) is 0. The van der Waals surface area contributed by atoms with Crippen molar-refractivity contribution in [2.45, 2.75) is 25.9 Å². The molecule has 0 radical (unpaired) electrons. The van der Waals surface area contributed by atoms with Gasteiger partial charge in [-0.3, -0.25) is 9.59 Å². The molecule has 0 spiro atoms. The molecule has 1 saturated heterocycles. The first-order valence-electron chi connectivity index (χ1n) is 8.22. The van der Waals surface area contributed by atoms with Gasteiger partial charge in [-0.05, 0) is 44.0 Å². The van der Waals surface area contributed by atoms with E-state index in [2.05, 4.69) is 20.6 Å². The number of aromatic nitrogens is 2. The van der Waals surface area contributed by atoms with Crippen LogP contribution in [0.5, 0.6) is 0 Å². The highest BCUT2D eigenvalue weighted by Gasteiger charge is 2.15. The molecule has 3 rings (SSSR count). The van der Waals surface area contributed by atoms with Gasteiger partial charge in [0.05, 0.1) is 18.5 Å². The van der Waals surface area contributed by atoms with Gasteiger partial charge in [0, 0.05) is 24.4 Å². The third-order valence-electron chi connectivity index (χ3n) is 3.97. The van der Waals surface area contributed by atoms with Crippen molar-refractivity contribution in [3.05, 3.63) is 47.9 Å². The molecule has 7 heteroatoms. The van der Waals surface area contributed by atoms with Crippen LogP contribution in [0, 0.1) is 0 Å². The number of amides is 1. The summed E-state index contributed by atoms with van der Waals surface area (Å²) in [5, 5.41) is 5.88. The first-order valence-corrected chi connectivity index (χ1v) is 8.22. The van der Waals surface area contributed by atoms with Crippen LogP contribution < -0.4 is 10.6 Å². The van der Waals surface area contributed by atoms with Crippen LogP contribution in [0.4, 0.5) is 11.5 Å². The van der Waals surface area contributed by atoms with Crippen molar-refractivity contribution in [1.82, 2.24) is 9.97 Å². The molecule has 2 heterocycles. The summed E-state index contributed by atoms with van der Waals surface area (Å²) in [5.41, 5.74) is 1.41. The molecule has 0 aliphatic carbocycles. The van der Waals surface area contributed by atoms with E-state index < -0.39 is 0 Å². The van der Waals surface area contributed by atoms with Gasteiger partial charge in [-0.2, -0.15) is 0 Å². The molecule has 25 heavy (non-hydrogen) atoms. The molecule has 1 fully saturated rings. The Morgan fingerprint density at radius 1 is 1.20 bits per heavy atom. The minimum Gasteiger partial charge on any atom is -0.376 e. The molecule has 1 unspecified atom stereocenters. The van der Waals surface area contributed by atoms with Crippen molar-refractivity contribution in [2.75, 3.05) is 23.8 Å². The summed E-state index contributed by atoms with van der Waals surface area (Å²) >= 11 is 0. The standard InChI is InChI=1S/C18H20N4O3/c1-12(23)13-4-6-14(7-5-13)22-18(24)16-10-21-17(11-19-16)20-9-15-3-2-8-25-15/h4-7,10-11,15H,2-3,8-9H2,1H3,(H,20,21)(H,22,24). The van der Waals surface area contributed by atoms with Crippen LogP contribution in [0.2, 0.25) is 0 Å². The minimum atomic E-state index is -0.353. The van der Waals surface area contributed by atoms with E-state index in [9.17, 15) is 9.59 Å². The second kappa shape index (κ2) is 7.85. The van der Waals surface area contributed by atoms with Crippen LogP contribution in [-0.2, 0) is 4.74 Å². The Labute approximate surface area is 145 Å². The number of rotatable bonds is 6. The lowest BCUT2D eigenvalue weighted by Gasteiger charge is -2.11. The van der Waals surface area contributed by atoms with Crippen LogP contribution in [0.15, 0.2) is 36.7 Å². The largest absolute Gasteiger partial charge is 0.376 e. The number of ether oxygens (including phenoxy) is 1. The summed E-state index contributed by atoms with van der Waals surface area (Å²) in [6.45, 7) is 2.99. The fourth-order valence-electron chi connectivity index (χ4n) is 2.54. The van der Waals surface area contributed by atoms with Gasteiger partial charge in [0.2, 0.25) is 0 Å². The average molecular weight is 340 g/mol. The zero-order valence-electron chi connectivity index (χ0n) is 14.0. The Bertz CT molecular complexity index is 738. The van der Waals surface area contributed by atoms with Gasteiger partial charge in [-0.1, -0.05) is 0 Å². The number of nitrogens with one attached hydrogen (secondary N) is 2. The van der Waals surface area contributed by atoms with Crippen molar-refractivity contribution in [3.63, 3.8) is 0 Å². The minimum absolute atomic E-state index is 0.0187. The van der Waals surface area contributed by atoms with Crippen molar-refractivity contribution in [2.24, 2.45) is 0 Å². The molecule has 0 bridgehead atoms. The number of carbonyl (C=O) groups excluding carboxylic acids is 2. The number of Topliss-reactive ketones (excluding diaryl/α,β-unsaturated/α-hetero) is 1. The van der Waals surface area contributed by atoms with E-state index in [1.54, 1.807) is 24.3 Å². The Morgan fingerprint density at radius 2 is 2.00 bits per heavy atom. The predicted molar refractivity (Wildman–Crippen MR) is 93.9 cm³/mol. The molecule has 1 aliphatic rings. The second-order valence-electron chi connectivity index (χ2n) is 5.89. The first-order chi connectivity index (χ1) is 12.1. The Kier molecular flexibility index (Phi) is 5.35. The van der Waals surface area contributed by atoms with Crippen LogP contribution in [-0.4, -0.2) is 40.9 Å². The Hall–Kier alpha value is -2.80. The maximum Gasteiger partial charge on any atom is 0.275 e. The summed E-state index contributed by atoms with van der Waals surface area (Å²) in [4.78, 5) is 31.8. The highest BCUT2D eigenvalue weighted by Crippen LogP contribution is 2.13. The average Bonchev–Trinajstić information content (AvgIpc) is 3.14. The van der Waals surface area contributed by atoms with E-state index in [1.165, 1.54) is 19.3 Å². The molecule has 1 amide bonds. The van der Waals surface area contributed by atoms with Gasteiger partial charge < -0.3 is 15.4 Å². The van der Waals surface area contributed by atoms with Crippen LogP contribution in [0.25, 0.3) is 0 Å². The Balaban J connectivity index is 1.55. The molecule has 1 aromatic heterocycles. The van der Waals surface area contributed by atoms with E-state index in [0.29, 0.717) is 23.6 Å². The monoisotopic (exact) mass is 340 g/mol. The third kappa shape index (κ3) is 4.60. The molecular weight excluding hydrogens is 320 g/mol. The van der Waals surface area contributed by atoms with Crippen molar-refractivity contribution in [1.29, 1.82) is 0 Å². The molecule has 2 N–H and O–H groups in total. The number of hydrogen-bond donors (Lipinski definition) is 2. The molecule has 1 atom stereocenters. The number of ketones is 1. The highest BCUT2D eigenvalue weighted by atomic mass is 16.5. The molecule has 2 aromatic rings. The first kappa shape index (κ1) is 17.0. The number of hydrogen-bond acceptors (Lipinski definition) is 6. The lowest BCUT2D eigenvalue weighted by Crippen LogP contribution is -2.19. The zero-order chi connectivity index (χ0) is 17.6. The van der Waals surface area contributed by atoms with Gasteiger partial charge in [0.15, 0.2) is 5.78 Å². The molecule has 1 aromatic carbocycles. The van der Waals surface area contributed by atoms with Crippen molar-refractivity contribution < 1.29 is 14.3 Å². The van der Waals surface area contributed by atoms with Gasteiger partial charge in [0.1, 0.15) is 11.5 Å². The third-order valence-corrected chi connectivity index (χ3v) is 3.97. The number of nitrogens with zero attached hydrogens (tertiary/aromatic N) is 2. The normalized spacial score (nSPS) is 16.4. The van der Waals surface area contributed by atoms with Crippen LogP contribution in [0.1, 0.15) is 40.6 Å². The number of carbonyl (C=O) groups is 2. The van der Waals surface area contributed by atoms with E-state index in [-0.39, 0.29) is 23.5 Å². The van der Waals surface area contributed by atoms with Gasteiger partial charge >= 0.3 is 0 Å². The van der Waals surface area contributed by atoms with E-state index in [1.807, 2.05) is 0 Å². The number of benzene rings is 1. The lowest BCUT2D eigenvalue weighted by atomic mass is 10.1. The predicted octanol–water partition coefficient (Wildman–Crippen LogP) is 2.52. The molecular formula is C18H20N4O3. The van der Waals surface area contributed by atoms with Crippen molar-refractivity contribution in [3.8, 4) is 0 Å². The van der Waals surface area contributed by atoms with Crippen molar-refractivity contribution >= 4 is 23.2 Å². The van der Waals surface area contributed by atoms with Crippen LogP contribution >= 0.6 is 0 Å². The molecule has 0 saturated carbocycles. The number of anilines is 2. The Morgan fingerprint density at radius 3 is 2.60 bits per heavy atom. The maximum absolute atomic E-state index is 12.2. The van der Waals surface area contributed by atoms with E-state index >= 15 is 0 Å². The van der Waals surface area contributed by atoms with Gasteiger partial charge in [0.25, 0.3) is 5.91 Å². The van der Waals surface area contributed by atoms with Crippen LogP contribution in [0.3, 0.4) is 0 Å². The molecule has 1 aliphatic heterocycles. The molecule has 130 valence electrons. The molecule has 7 nitrogen and oxygen atoms in total. The summed E-state index contributed by atoms with van der Waals surface area (Å²) in [5.74, 6) is 0.237. The second-order valence-corrected chi connectivity index (χ2v) is 5.89. The maximum atomic E-state index is 12.2. The lowest BCUT2D eigenvalue weighted by molar-refractivity contribution is 0.101. The summed E-state index contributed by atoms with van der Waals surface area (Å²) < 4.78 is 5.53. The zero-order valence-corrected chi connectivity index (χ0v) is 14.0. The fourth-order valence-corrected chi connectivity index (χ4v) is 2.54. The van der Waals surface area contributed by atoms with Gasteiger partial charge in [-0.25, -0.2) is 9.97 Å². The SMILES string of the molecule is CC(=O)c1ccc(NC(=O)c2cnc(NCC3CCCO3)cn2)cc1. The van der Waals surface area contributed by atoms with Gasteiger partial charge in [-0.15, -0.1) is 0 Å². The smallest absolute Gasteiger partial charge is 0.275 e. The quantitative estimate of drug-likeness (QED) is 0.785. The highest BCUT2D eigenvalue weighted by molar-refractivity contribution is 6.03. The summed E-state index contributed by atoms with van der Waals surface area (Å²) in [6.07, 6.45) is 5.30.